The van der Waals surface area contributed by atoms with Crippen molar-refractivity contribution in [2.75, 3.05) is 13.2 Å². The first-order valence-electron chi connectivity index (χ1n) is 5.74. The molecule has 0 atom stereocenters. The Labute approximate surface area is 86.2 Å². The lowest BCUT2D eigenvalue weighted by Crippen LogP contribution is -2.44. The van der Waals surface area contributed by atoms with Crippen LogP contribution < -0.4 is 5.32 Å². The van der Waals surface area contributed by atoms with Gasteiger partial charge in [0.05, 0.1) is 13.2 Å². The van der Waals surface area contributed by atoms with Gasteiger partial charge in [0.2, 0.25) is 0 Å². The summed E-state index contributed by atoms with van der Waals surface area (Å²) in [6.45, 7) is 5.96. The maximum absolute atomic E-state index is 5.68. The summed E-state index contributed by atoms with van der Waals surface area (Å²) in [6, 6.07) is 1.24. The third-order valence-corrected chi connectivity index (χ3v) is 3.13. The zero-order valence-electron chi connectivity index (χ0n) is 9.21. The Bertz CT molecular complexity index is 178. The molecule has 0 radical (unpaired) electrons. The van der Waals surface area contributed by atoms with Crippen molar-refractivity contribution in [3.8, 4) is 0 Å². The van der Waals surface area contributed by atoms with Crippen molar-refractivity contribution in [2.24, 2.45) is 0 Å². The Morgan fingerprint density at radius 3 is 2.21 bits per heavy atom. The second-order valence-corrected chi connectivity index (χ2v) is 4.70. The molecule has 2 aliphatic rings. The van der Waals surface area contributed by atoms with Crippen LogP contribution >= 0.6 is 0 Å². The number of hydrogen-bond donors (Lipinski definition) is 1. The molecule has 2 fully saturated rings. The molecule has 1 heterocycles. The average Bonchev–Trinajstić information content (AvgIpc) is 2.58. The molecular weight excluding hydrogens is 178 g/mol. The summed E-state index contributed by atoms with van der Waals surface area (Å²) in [5.74, 6) is -0.199. The lowest BCUT2D eigenvalue weighted by molar-refractivity contribution is -0.179. The van der Waals surface area contributed by atoms with E-state index in [0.29, 0.717) is 12.1 Å². The molecule has 1 N–H and O–H groups in total. The molecule has 1 aliphatic heterocycles. The molecule has 1 aliphatic carbocycles. The minimum absolute atomic E-state index is 0.199. The van der Waals surface area contributed by atoms with E-state index in [0.717, 1.165) is 26.1 Å². The fourth-order valence-corrected chi connectivity index (χ4v) is 2.48. The van der Waals surface area contributed by atoms with E-state index in [1.807, 2.05) is 0 Å². The summed E-state index contributed by atoms with van der Waals surface area (Å²) in [6.07, 6.45) is 4.46. The largest absolute Gasteiger partial charge is 0.348 e. The summed E-state index contributed by atoms with van der Waals surface area (Å²) < 4.78 is 11.4. The van der Waals surface area contributed by atoms with Crippen LogP contribution in [0.5, 0.6) is 0 Å². The summed E-state index contributed by atoms with van der Waals surface area (Å²) >= 11 is 0. The van der Waals surface area contributed by atoms with Crippen LogP contribution in [0, 0.1) is 0 Å². The van der Waals surface area contributed by atoms with Crippen LogP contribution in [-0.2, 0) is 9.47 Å². The summed E-state index contributed by atoms with van der Waals surface area (Å²) in [4.78, 5) is 0. The molecule has 82 valence electrons. The van der Waals surface area contributed by atoms with Crippen LogP contribution in [0.15, 0.2) is 0 Å². The van der Waals surface area contributed by atoms with Gasteiger partial charge < -0.3 is 14.8 Å². The number of nitrogens with one attached hydrogen (secondary N) is 1. The van der Waals surface area contributed by atoms with Crippen molar-refractivity contribution in [1.82, 2.24) is 5.32 Å². The molecule has 0 aromatic heterocycles. The van der Waals surface area contributed by atoms with Gasteiger partial charge in [0.15, 0.2) is 5.79 Å². The molecule has 0 unspecified atom stereocenters. The highest BCUT2D eigenvalue weighted by molar-refractivity contribution is 4.85. The Hall–Kier alpha value is -0.120. The highest BCUT2D eigenvalue weighted by Gasteiger charge is 2.40. The van der Waals surface area contributed by atoms with E-state index in [-0.39, 0.29) is 5.79 Å². The van der Waals surface area contributed by atoms with E-state index >= 15 is 0 Å². The lowest BCUT2D eigenvalue weighted by Gasteiger charge is -2.36. The van der Waals surface area contributed by atoms with Gasteiger partial charge in [0.1, 0.15) is 0 Å². The van der Waals surface area contributed by atoms with Crippen LogP contribution in [0.2, 0.25) is 0 Å². The van der Waals surface area contributed by atoms with E-state index in [9.17, 15) is 0 Å². The smallest absolute Gasteiger partial charge is 0.168 e. The van der Waals surface area contributed by atoms with Gasteiger partial charge in [-0.05, 0) is 12.8 Å². The van der Waals surface area contributed by atoms with Gasteiger partial charge in [0, 0.05) is 24.9 Å². The Morgan fingerprint density at radius 2 is 1.71 bits per heavy atom. The Kier molecular flexibility index (Phi) is 3.10. The predicted molar refractivity (Wildman–Crippen MR) is 55.2 cm³/mol. The van der Waals surface area contributed by atoms with Crippen molar-refractivity contribution in [3.63, 3.8) is 0 Å². The Balaban J connectivity index is 1.79. The average molecular weight is 199 g/mol. The second-order valence-electron chi connectivity index (χ2n) is 4.70. The standard InChI is InChI=1S/C11H21NO2/c1-9(2)12-10-3-5-11(6-4-10)13-7-8-14-11/h9-10,12H,3-8H2,1-2H3. The summed E-state index contributed by atoms with van der Waals surface area (Å²) in [5.41, 5.74) is 0. The molecule has 0 aromatic rings. The van der Waals surface area contributed by atoms with Gasteiger partial charge in [-0.2, -0.15) is 0 Å². The fraction of sp³-hybridized carbons (Fsp3) is 1.00. The van der Waals surface area contributed by atoms with Gasteiger partial charge in [-0.15, -0.1) is 0 Å². The van der Waals surface area contributed by atoms with Crippen molar-refractivity contribution in [2.45, 2.75) is 57.4 Å². The quantitative estimate of drug-likeness (QED) is 0.734. The zero-order chi connectivity index (χ0) is 10.0. The van der Waals surface area contributed by atoms with E-state index in [4.69, 9.17) is 9.47 Å². The Morgan fingerprint density at radius 1 is 1.14 bits per heavy atom. The van der Waals surface area contributed by atoms with Crippen LogP contribution in [0.4, 0.5) is 0 Å². The number of rotatable bonds is 2. The molecule has 3 nitrogen and oxygen atoms in total. The third kappa shape index (κ3) is 2.27. The molecule has 1 saturated carbocycles. The molecule has 0 amide bonds. The first-order chi connectivity index (χ1) is 6.70. The molecular formula is C11H21NO2. The number of ether oxygens (including phenoxy) is 2. The van der Waals surface area contributed by atoms with E-state index in [1.54, 1.807) is 0 Å². The first-order valence-corrected chi connectivity index (χ1v) is 5.74. The van der Waals surface area contributed by atoms with Crippen LogP contribution in [0.1, 0.15) is 39.5 Å². The van der Waals surface area contributed by atoms with Crippen molar-refractivity contribution >= 4 is 0 Å². The van der Waals surface area contributed by atoms with E-state index in [1.165, 1.54) is 12.8 Å². The van der Waals surface area contributed by atoms with Gasteiger partial charge in [-0.3, -0.25) is 0 Å². The molecule has 2 rings (SSSR count). The van der Waals surface area contributed by atoms with E-state index in [2.05, 4.69) is 19.2 Å². The molecule has 14 heavy (non-hydrogen) atoms. The maximum atomic E-state index is 5.68. The predicted octanol–water partition coefficient (Wildman–Crippen LogP) is 1.67. The van der Waals surface area contributed by atoms with E-state index < -0.39 is 0 Å². The first kappa shape index (κ1) is 10.4. The minimum atomic E-state index is -0.199. The third-order valence-electron chi connectivity index (χ3n) is 3.13. The minimum Gasteiger partial charge on any atom is -0.348 e. The van der Waals surface area contributed by atoms with Crippen LogP contribution in [0.3, 0.4) is 0 Å². The molecule has 1 saturated heterocycles. The van der Waals surface area contributed by atoms with Crippen LogP contribution in [-0.4, -0.2) is 31.1 Å². The number of hydrogen-bond acceptors (Lipinski definition) is 3. The molecule has 0 aromatic carbocycles. The van der Waals surface area contributed by atoms with Gasteiger partial charge in [-0.25, -0.2) is 0 Å². The maximum Gasteiger partial charge on any atom is 0.168 e. The van der Waals surface area contributed by atoms with Gasteiger partial charge >= 0.3 is 0 Å². The van der Waals surface area contributed by atoms with Gasteiger partial charge in [-0.1, -0.05) is 13.8 Å². The monoisotopic (exact) mass is 199 g/mol. The lowest BCUT2D eigenvalue weighted by atomic mass is 9.90. The molecule has 3 heteroatoms. The van der Waals surface area contributed by atoms with Crippen LogP contribution in [0.25, 0.3) is 0 Å². The summed E-state index contributed by atoms with van der Waals surface area (Å²) in [5, 5.41) is 3.58. The molecule has 1 spiro atoms. The van der Waals surface area contributed by atoms with Crippen molar-refractivity contribution in [3.05, 3.63) is 0 Å². The highest BCUT2D eigenvalue weighted by Crippen LogP contribution is 2.35. The summed E-state index contributed by atoms with van der Waals surface area (Å²) in [7, 11) is 0. The topological polar surface area (TPSA) is 30.5 Å². The van der Waals surface area contributed by atoms with Gasteiger partial charge in [0.25, 0.3) is 0 Å². The molecule has 0 bridgehead atoms. The zero-order valence-corrected chi connectivity index (χ0v) is 9.21. The van der Waals surface area contributed by atoms with Crippen molar-refractivity contribution in [1.29, 1.82) is 0 Å². The second kappa shape index (κ2) is 4.17. The normalized spacial score (nSPS) is 27.6. The fourth-order valence-electron chi connectivity index (χ4n) is 2.48. The van der Waals surface area contributed by atoms with Crippen molar-refractivity contribution < 1.29 is 9.47 Å². The SMILES string of the molecule is CC(C)NC1CCC2(CC1)OCCO2. The highest BCUT2D eigenvalue weighted by atomic mass is 16.7.